The summed E-state index contributed by atoms with van der Waals surface area (Å²) in [6, 6.07) is 0. The van der Waals surface area contributed by atoms with Crippen molar-refractivity contribution in [1.29, 1.82) is 0 Å². The first-order valence-electron chi connectivity index (χ1n) is 8.26. The Morgan fingerprint density at radius 1 is 1.18 bits per heavy atom. The monoisotopic (exact) mass is 316 g/mol. The number of rotatable bonds is 6. The second kappa shape index (κ2) is 6.36. The van der Waals surface area contributed by atoms with Crippen LogP contribution in [0.5, 0.6) is 0 Å². The Morgan fingerprint density at radius 2 is 1.82 bits per heavy atom. The largest absolute Gasteiger partial charge is 0.388 e. The Kier molecular flexibility index (Phi) is 5.25. The molecule has 0 aliphatic carbocycles. The third-order valence-corrected chi connectivity index (χ3v) is 4.48. The molecule has 0 aromatic heterocycles. The van der Waals surface area contributed by atoms with Crippen molar-refractivity contribution >= 4 is 0 Å². The molecule has 2 aliphatic rings. The third-order valence-electron chi connectivity index (χ3n) is 4.48. The minimum absolute atomic E-state index is 0.0164. The van der Waals surface area contributed by atoms with Gasteiger partial charge in [-0.3, -0.25) is 0 Å². The number of aliphatic hydroxyl groups is 2. The maximum Gasteiger partial charge on any atom is 0.184 e. The van der Waals surface area contributed by atoms with Gasteiger partial charge in [0.2, 0.25) is 0 Å². The summed E-state index contributed by atoms with van der Waals surface area (Å²) in [6.07, 6.45) is -0.955. The predicted octanol–water partition coefficient (Wildman–Crippen LogP) is 1.95. The summed E-state index contributed by atoms with van der Waals surface area (Å²) < 4.78 is 17.0. The van der Waals surface area contributed by atoms with Gasteiger partial charge < -0.3 is 24.4 Å². The van der Waals surface area contributed by atoms with Gasteiger partial charge in [0.25, 0.3) is 0 Å². The van der Waals surface area contributed by atoms with Crippen LogP contribution in [0.4, 0.5) is 0 Å². The molecule has 2 N–H and O–H groups in total. The summed E-state index contributed by atoms with van der Waals surface area (Å²) in [4.78, 5) is 0. The third kappa shape index (κ3) is 4.42. The first-order chi connectivity index (χ1) is 10.0. The van der Waals surface area contributed by atoms with Crippen molar-refractivity contribution in [3.05, 3.63) is 0 Å². The molecule has 0 amide bonds. The van der Waals surface area contributed by atoms with Crippen LogP contribution in [0, 0.1) is 16.7 Å². The highest BCUT2D eigenvalue weighted by Gasteiger charge is 2.52. The zero-order valence-electron chi connectivity index (χ0n) is 14.7. The SMILES string of the molecule is CC(COC1OC1C(C)(C)CC(C)(C)C)C1OCC(O)C1O. The van der Waals surface area contributed by atoms with Crippen LogP contribution in [0.1, 0.15) is 48.0 Å². The molecule has 0 spiro atoms. The van der Waals surface area contributed by atoms with Gasteiger partial charge in [-0.1, -0.05) is 41.5 Å². The minimum atomic E-state index is -0.827. The Balaban J connectivity index is 1.75. The molecule has 6 unspecified atom stereocenters. The molecule has 22 heavy (non-hydrogen) atoms. The average Bonchev–Trinajstić information content (AvgIpc) is 3.07. The van der Waals surface area contributed by atoms with E-state index in [9.17, 15) is 10.2 Å². The first kappa shape index (κ1) is 18.1. The van der Waals surface area contributed by atoms with Gasteiger partial charge in [0.15, 0.2) is 6.29 Å². The van der Waals surface area contributed by atoms with Crippen molar-refractivity contribution in [2.24, 2.45) is 16.7 Å². The van der Waals surface area contributed by atoms with Gasteiger partial charge in [0, 0.05) is 5.92 Å². The van der Waals surface area contributed by atoms with Gasteiger partial charge in [0.1, 0.15) is 18.3 Å². The lowest BCUT2D eigenvalue weighted by Gasteiger charge is -2.31. The second-order valence-electron chi connectivity index (χ2n) is 8.82. The molecule has 0 aromatic carbocycles. The predicted molar refractivity (Wildman–Crippen MR) is 83.4 cm³/mol. The van der Waals surface area contributed by atoms with E-state index >= 15 is 0 Å². The molecule has 2 rings (SSSR count). The van der Waals surface area contributed by atoms with E-state index in [0.717, 1.165) is 6.42 Å². The van der Waals surface area contributed by atoms with E-state index in [-0.39, 0.29) is 41.9 Å². The highest BCUT2D eigenvalue weighted by Crippen LogP contribution is 2.46. The van der Waals surface area contributed by atoms with E-state index in [2.05, 4.69) is 34.6 Å². The second-order valence-corrected chi connectivity index (χ2v) is 8.82. The van der Waals surface area contributed by atoms with Gasteiger partial charge in [-0.25, -0.2) is 0 Å². The van der Waals surface area contributed by atoms with E-state index in [1.165, 1.54) is 0 Å². The summed E-state index contributed by atoms with van der Waals surface area (Å²) in [6.45, 7) is 13.8. The van der Waals surface area contributed by atoms with E-state index in [4.69, 9.17) is 14.2 Å². The van der Waals surface area contributed by atoms with Gasteiger partial charge in [-0.2, -0.15) is 0 Å². The molecule has 2 heterocycles. The molecule has 5 nitrogen and oxygen atoms in total. The van der Waals surface area contributed by atoms with Crippen LogP contribution in [0.2, 0.25) is 0 Å². The molecule has 0 radical (unpaired) electrons. The van der Waals surface area contributed by atoms with E-state index in [1.807, 2.05) is 6.92 Å². The van der Waals surface area contributed by atoms with Gasteiger partial charge in [-0.15, -0.1) is 0 Å². The Bertz CT molecular complexity index is 376. The fourth-order valence-corrected chi connectivity index (χ4v) is 3.71. The molecule has 0 saturated carbocycles. The number of ether oxygens (including phenoxy) is 3. The Morgan fingerprint density at radius 3 is 2.32 bits per heavy atom. The highest BCUT2D eigenvalue weighted by atomic mass is 16.8. The molecule has 2 aliphatic heterocycles. The number of aliphatic hydroxyl groups excluding tert-OH is 2. The summed E-state index contributed by atoms with van der Waals surface area (Å²) in [5.41, 5.74) is 0.330. The van der Waals surface area contributed by atoms with Crippen molar-refractivity contribution in [3.8, 4) is 0 Å². The molecule has 5 heteroatoms. The molecule has 0 aromatic rings. The quantitative estimate of drug-likeness (QED) is 0.733. The number of epoxide rings is 1. The molecular formula is C17H32O5. The van der Waals surface area contributed by atoms with Crippen LogP contribution >= 0.6 is 0 Å². The smallest absolute Gasteiger partial charge is 0.184 e. The van der Waals surface area contributed by atoms with Crippen molar-refractivity contribution in [3.63, 3.8) is 0 Å². The normalized spacial score (nSPS) is 37.4. The maximum absolute atomic E-state index is 9.86. The van der Waals surface area contributed by atoms with Crippen LogP contribution in [0.3, 0.4) is 0 Å². The van der Waals surface area contributed by atoms with E-state index in [1.54, 1.807) is 0 Å². The Hall–Kier alpha value is -0.200. The lowest BCUT2D eigenvalue weighted by atomic mass is 9.74. The van der Waals surface area contributed by atoms with Gasteiger partial charge >= 0.3 is 0 Å². The molecular weight excluding hydrogens is 284 g/mol. The van der Waals surface area contributed by atoms with Gasteiger partial charge in [0.05, 0.1) is 19.3 Å². The minimum Gasteiger partial charge on any atom is -0.388 e. The van der Waals surface area contributed by atoms with Crippen LogP contribution in [-0.2, 0) is 14.2 Å². The summed E-state index contributed by atoms with van der Waals surface area (Å²) >= 11 is 0. The van der Waals surface area contributed by atoms with Crippen LogP contribution in [-0.4, -0.2) is 54.1 Å². The standard InChI is InChI=1S/C17H32O5/c1-10(13-12(19)11(18)8-20-13)7-21-15-14(22-15)17(5,6)9-16(2,3)4/h10-15,18-19H,7-9H2,1-6H3. The summed E-state index contributed by atoms with van der Waals surface area (Å²) in [5, 5.41) is 19.4. The zero-order valence-corrected chi connectivity index (χ0v) is 14.7. The fourth-order valence-electron chi connectivity index (χ4n) is 3.71. The van der Waals surface area contributed by atoms with Gasteiger partial charge in [-0.05, 0) is 17.3 Å². The maximum atomic E-state index is 9.86. The topological polar surface area (TPSA) is 71.5 Å². The molecule has 130 valence electrons. The van der Waals surface area contributed by atoms with E-state index < -0.39 is 12.2 Å². The molecule has 2 fully saturated rings. The molecule has 0 bridgehead atoms. The summed E-state index contributed by atoms with van der Waals surface area (Å²) in [5.74, 6) is 0.0164. The average molecular weight is 316 g/mol. The Labute approximate surface area is 133 Å². The fraction of sp³-hybridized carbons (Fsp3) is 1.00. The molecule has 2 saturated heterocycles. The highest BCUT2D eigenvalue weighted by molar-refractivity contribution is 4.94. The van der Waals surface area contributed by atoms with Crippen LogP contribution in [0.25, 0.3) is 0 Å². The van der Waals surface area contributed by atoms with Crippen LogP contribution in [0.15, 0.2) is 0 Å². The van der Waals surface area contributed by atoms with Crippen molar-refractivity contribution in [2.45, 2.75) is 78.7 Å². The molecule has 6 atom stereocenters. The summed E-state index contributed by atoms with van der Waals surface area (Å²) in [7, 11) is 0. The van der Waals surface area contributed by atoms with Crippen molar-refractivity contribution in [1.82, 2.24) is 0 Å². The number of hydrogen-bond acceptors (Lipinski definition) is 5. The van der Waals surface area contributed by atoms with Crippen molar-refractivity contribution in [2.75, 3.05) is 13.2 Å². The lowest BCUT2D eigenvalue weighted by Crippen LogP contribution is -2.36. The van der Waals surface area contributed by atoms with Crippen molar-refractivity contribution < 1.29 is 24.4 Å². The first-order valence-corrected chi connectivity index (χ1v) is 8.26. The van der Waals surface area contributed by atoms with E-state index in [0.29, 0.717) is 6.61 Å². The zero-order chi connectivity index (χ0) is 16.7. The lowest BCUT2D eigenvalue weighted by molar-refractivity contribution is -0.0464. The number of hydrogen-bond donors (Lipinski definition) is 2. The van der Waals surface area contributed by atoms with Crippen LogP contribution < -0.4 is 0 Å².